The van der Waals surface area contributed by atoms with Gasteiger partial charge in [0.15, 0.2) is 5.78 Å². The van der Waals surface area contributed by atoms with Crippen LogP contribution in [0.2, 0.25) is 10.0 Å². The Hall–Kier alpha value is -3.29. The minimum Gasteiger partial charge on any atom is -0.462 e. The molecule has 5 rings (SSSR count). The van der Waals surface area contributed by atoms with E-state index in [1.165, 1.54) is 0 Å². The van der Waals surface area contributed by atoms with Gasteiger partial charge in [-0.1, -0.05) is 37.0 Å². The van der Waals surface area contributed by atoms with Crippen molar-refractivity contribution in [2.45, 2.75) is 39.0 Å². The van der Waals surface area contributed by atoms with Gasteiger partial charge in [0.1, 0.15) is 16.8 Å². The van der Waals surface area contributed by atoms with Gasteiger partial charge in [0.2, 0.25) is 5.91 Å². The quantitative estimate of drug-likeness (QED) is 0.541. The Balaban J connectivity index is 1.92. The van der Waals surface area contributed by atoms with E-state index in [0.717, 1.165) is 0 Å². The highest BCUT2D eigenvalue weighted by atomic mass is 35.5. The molecule has 2 aromatic rings. The van der Waals surface area contributed by atoms with E-state index < -0.39 is 22.7 Å². The fraction of sp³-hybridized carbons (Fsp3) is 0.296. The summed E-state index contributed by atoms with van der Waals surface area (Å²) in [5, 5.41) is 3.73. The molecule has 0 saturated heterocycles. The molecule has 0 aromatic heterocycles. The number of ether oxygens (including phenoxy) is 1. The number of carbonyl (C=O) groups is 3. The molecule has 3 aliphatic rings. The second kappa shape index (κ2) is 8.39. The van der Waals surface area contributed by atoms with Gasteiger partial charge < -0.3 is 15.8 Å². The Morgan fingerprint density at radius 3 is 2.42 bits per heavy atom. The van der Waals surface area contributed by atoms with Crippen LogP contribution in [-0.4, -0.2) is 24.3 Å². The van der Waals surface area contributed by atoms with Crippen LogP contribution >= 0.6 is 23.2 Å². The summed E-state index contributed by atoms with van der Waals surface area (Å²) >= 11 is 12.5. The van der Waals surface area contributed by atoms with Crippen LogP contribution in [-0.2, 0) is 24.5 Å². The van der Waals surface area contributed by atoms with E-state index in [0.29, 0.717) is 39.1 Å². The molecule has 2 aliphatic heterocycles. The number of halogens is 2. The zero-order chi connectivity index (χ0) is 26.0. The van der Waals surface area contributed by atoms with E-state index in [1.54, 1.807) is 54.3 Å². The summed E-state index contributed by atoms with van der Waals surface area (Å²) in [5.41, 5.74) is 6.74. The second-order valence-electron chi connectivity index (χ2n) is 9.95. The molecular formula is C27H25Cl2N3O4. The highest BCUT2D eigenvalue weighted by Gasteiger charge is 2.63. The first kappa shape index (κ1) is 24.4. The molecule has 186 valence electrons. The summed E-state index contributed by atoms with van der Waals surface area (Å²) in [6.07, 6.45) is 0.639. The minimum absolute atomic E-state index is 0.0167. The molecule has 36 heavy (non-hydrogen) atoms. The van der Waals surface area contributed by atoms with Gasteiger partial charge in [-0.05, 0) is 61.2 Å². The number of rotatable bonds is 3. The molecule has 9 heteroatoms. The summed E-state index contributed by atoms with van der Waals surface area (Å²) in [5.74, 6) is -1.54. The van der Waals surface area contributed by atoms with E-state index in [4.69, 9.17) is 33.7 Å². The van der Waals surface area contributed by atoms with E-state index in [9.17, 15) is 14.4 Å². The van der Waals surface area contributed by atoms with Gasteiger partial charge in [-0.2, -0.15) is 0 Å². The third-order valence-corrected chi connectivity index (χ3v) is 7.40. The lowest BCUT2D eigenvalue weighted by molar-refractivity contribution is -0.140. The Bertz CT molecular complexity index is 1390. The third-order valence-electron chi connectivity index (χ3n) is 6.91. The first-order valence-corrected chi connectivity index (χ1v) is 12.4. The van der Waals surface area contributed by atoms with E-state index >= 15 is 0 Å². The highest BCUT2D eigenvalue weighted by molar-refractivity contribution is 6.32. The SMILES string of the molecule is CCOC(=O)C1=C(N)N(c2ccc(Cl)cc2)C2=C(C(=O)CC(C)(C)C2)C12C(=O)Nc1ccc(Cl)cc12. The summed E-state index contributed by atoms with van der Waals surface area (Å²) < 4.78 is 5.42. The van der Waals surface area contributed by atoms with E-state index in [-0.39, 0.29) is 35.8 Å². The number of nitrogens with two attached hydrogens (primary N) is 1. The number of benzene rings is 2. The third kappa shape index (κ3) is 3.44. The first-order valence-electron chi connectivity index (χ1n) is 11.6. The lowest BCUT2D eigenvalue weighted by atomic mass is 9.60. The van der Waals surface area contributed by atoms with Crippen LogP contribution in [0.3, 0.4) is 0 Å². The fourth-order valence-electron chi connectivity index (χ4n) is 5.60. The average Bonchev–Trinajstić information content (AvgIpc) is 3.05. The molecular weight excluding hydrogens is 501 g/mol. The number of nitrogens with one attached hydrogen (secondary N) is 1. The average molecular weight is 526 g/mol. The van der Waals surface area contributed by atoms with Crippen LogP contribution in [0.25, 0.3) is 0 Å². The molecule has 7 nitrogen and oxygen atoms in total. The van der Waals surface area contributed by atoms with Crippen LogP contribution in [0.5, 0.6) is 0 Å². The number of nitrogens with zero attached hydrogens (tertiary/aromatic N) is 1. The molecule has 1 spiro atoms. The summed E-state index contributed by atoms with van der Waals surface area (Å²) in [7, 11) is 0. The van der Waals surface area contributed by atoms with Crippen LogP contribution < -0.4 is 16.0 Å². The van der Waals surface area contributed by atoms with Crippen molar-refractivity contribution in [2.24, 2.45) is 11.1 Å². The zero-order valence-corrected chi connectivity index (χ0v) is 21.6. The molecule has 1 aliphatic carbocycles. The molecule has 0 radical (unpaired) electrons. The van der Waals surface area contributed by atoms with Gasteiger partial charge in [-0.25, -0.2) is 4.79 Å². The molecule has 1 unspecified atom stereocenters. The van der Waals surface area contributed by atoms with Gasteiger partial charge in [-0.3, -0.25) is 14.5 Å². The number of anilines is 2. The Morgan fingerprint density at radius 1 is 1.08 bits per heavy atom. The Labute approximate surface area is 218 Å². The van der Waals surface area contributed by atoms with E-state index in [1.807, 2.05) is 13.8 Å². The molecule has 0 fully saturated rings. The van der Waals surface area contributed by atoms with Crippen molar-refractivity contribution in [1.82, 2.24) is 0 Å². The molecule has 1 atom stereocenters. The molecule has 0 saturated carbocycles. The highest BCUT2D eigenvalue weighted by Crippen LogP contribution is 2.57. The standard InChI is InChI=1S/C27H25Cl2N3O4/c1-4-36-24(34)22-23(30)32(16-8-5-14(28)6-9-16)19-12-26(2,3)13-20(33)21(19)27(22)17-11-15(29)7-10-18(17)31-25(27)35/h5-11H,4,12-13,30H2,1-3H3,(H,31,35). The lowest BCUT2D eigenvalue weighted by Gasteiger charge is -2.47. The number of carbonyl (C=O) groups excluding carboxylic acids is 3. The van der Waals surface area contributed by atoms with Gasteiger partial charge in [0.25, 0.3) is 0 Å². The molecule has 1 amide bonds. The number of fused-ring (bicyclic) bond motifs is 3. The maximum absolute atomic E-state index is 14.0. The predicted octanol–water partition coefficient (Wildman–Crippen LogP) is 5.08. The monoisotopic (exact) mass is 525 g/mol. The molecule has 2 heterocycles. The van der Waals surface area contributed by atoms with Crippen molar-refractivity contribution in [3.8, 4) is 0 Å². The number of amides is 1. The summed E-state index contributed by atoms with van der Waals surface area (Å²) in [4.78, 5) is 43.2. The number of ketones is 1. The molecule has 2 aromatic carbocycles. The fourth-order valence-corrected chi connectivity index (χ4v) is 5.89. The minimum atomic E-state index is -1.79. The van der Waals surface area contributed by atoms with Gasteiger partial charge in [0, 0.05) is 44.7 Å². The zero-order valence-electron chi connectivity index (χ0n) is 20.1. The Morgan fingerprint density at radius 2 is 1.75 bits per heavy atom. The number of esters is 1. The second-order valence-corrected chi connectivity index (χ2v) is 10.8. The first-order chi connectivity index (χ1) is 17.0. The van der Waals surface area contributed by atoms with Crippen LogP contribution in [0.4, 0.5) is 11.4 Å². The number of hydrogen-bond acceptors (Lipinski definition) is 6. The van der Waals surface area contributed by atoms with Gasteiger partial charge in [-0.15, -0.1) is 0 Å². The maximum atomic E-state index is 14.0. The smallest absolute Gasteiger partial charge is 0.339 e. The van der Waals surface area contributed by atoms with Crippen molar-refractivity contribution >= 4 is 52.2 Å². The Kier molecular flexibility index (Phi) is 5.69. The van der Waals surface area contributed by atoms with Crippen molar-refractivity contribution in [1.29, 1.82) is 0 Å². The number of hydrogen-bond donors (Lipinski definition) is 2. The lowest BCUT2D eigenvalue weighted by Crippen LogP contribution is -2.54. The van der Waals surface area contributed by atoms with Crippen molar-refractivity contribution in [2.75, 3.05) is 16.8 Å². The summed E-state index contributed by atoms with van der Waals surface area (Å²) in [6.45, 7) is 5.70. The van der Waals surface area contributed by atoms with Crippen LogP contribution in [0.1, 0.15) is 39.2 Å². The molecule has 3 N–H and O–H groups in total. The molecule has 0 bridgehead atoms. The number of Topliss-reactive ketones (excluding diaryl/α,β-unsaturated/α-hetero) is 1. The number of allylic oxidation sites excluding steroid dienone is 1. The van der Waals surface area contributed by atoms with Gasteiger partial charge >= 0.3 is 5.97 Å². The van der Waals surface area contributed by atoms with Crippen molar-refractivity contribution in [3.63, 3.8) is 0 Å². The normalized spacial score (nSPS) is 22.5. The largest absolute Gasteiger partial charge is 0.462 e. The van der Waals surface area contributed by atoms with Crippen LogP contribution in [0, 0.1) is 5.41 Å². The topological polar surface area (TPSA) is 102 Å². The van der Waals surface area contributed by atoms with E-state index in [2.05, 4.69) is 5.32 Å². The maximum Gasteiger partial charge on any atom is 0.339 e. The summed E-state index contributed by atoms with van der Waals surface area (Å²) in [6, 6.07) is 11.8. The van der Waals surface area contributed by atoms with Gasteiger partial charge in [0.05, 0.1) is 6.61 Å². The predicted molar refractivity (Wildman–Crippen MR) is 139 cm³/mol. The van der Waals surface area contributed by atoms with Crippen LogP contribution in [0.15, 0.2) is 65.1 Å². The van der Waals surface area contributed by atoms with Crippen molar-refractivity contribution < 1.29 is 19.1 Å². The van der Waals surface area contributed by atoms with Crippen molar-refractivity contribution in [3.05, 3.63) is 80.7 Å².